The lowest BCUT2D eigenvalue weighted by Gasteiger charge is -2.27. The largest absolute Gasteiger partial charge is 0.393 e. The van der Waals surface area contributed by atoms with Crippen molar-refractivity contribution in [3.63, 3.8) is 0 Å². The van der Waals surface area contributed by atoms with Crippen molar-refractivity contribution in [2.24, 2.45) is 0 Å². The molecule has 1 saturated heterocycles. The van der Waals surface area contributed by atoms with Gasteiger partial charge in [-0.1, -0.05) is 24.0 Å². The lowest BCUT2D eigenvalue weighted by molar-refractivity contribution is 0.0342. The van der Waals surface area contributed by atoms with Crippen LogP contribution in [0, 0.1) is 11.8 Å². The molecule has 0 spiro atoms. The predicted molar refractivity (Wildman–Crippen MR) is 179 cm³/mol. The van der Waals surface area contributed by atoms with Crippen LogP contribution in [0.3, 0.4) is 0 Å². The van der Waals surface area contributed by atoms with Crippen molar-refractivity contribution in [3.8, 4) is 23.2 Å². The average Bonchev–Trinajstić information content (AvgIpc) is 3.84. The predicted octanol–water partition coefficient (Wildman–Crippen LogP) is 3.77. The maximum Gasteiger partial charge on any atom is 0.256 e. The fraction of sp³-hybridized carbons (Fsp3) is 0.412. The second kappa shape index (κ2) is 13.8. The number of anilines is 3. The van der Waals surface area contributed by atoms with Gasteiger partial charge in [-0.25, -0.2) is 23.4 Å². The van der Waals surface area contributed by atoms with Crippen LogP contribution in [0.25, 0.3) is 11.4 Å². The highest BCUT2D eigenvalue weighted by Gasteiger charge is 2.37. The standard InChI is InChI=1S/C34H38N8O4S/c43-29-9-7-28(8-10-29)38-31-19-33(36-20-26(31)6-5-24-1-3-25(4-2-24)22-41-15-17-46-18-16-41)39-32-13-14-35-34(40-32)27-21-37-42(23-27)47(44,45)30-11-12-30/h1-4,13-14,19-21,23,28-30,43H,7-12,15-18,22H2,(H2,35,36,38,39,40). The molecule has 3 aliphatic rings. The van der Waals surface area contributed by atoms with Crippen LogP contribution in [0.2, 0.25) is 0 Å². The summed E-state index contributed by atoms with van der Waals surface area (Å²) in [5, 5.41) is 20.6. The summed E-state index contributed by atoms with van der Waals surface area (Å²) in [6.45, 7) is 4.37. The van der Waals surface area contributed by atoms with Crippen LogP contribution in [-0.2, 0) is 21.3 Å². The van der Waals surface area contributed by atoms with E-state index in [1.165, 1.54) is 18.0 Å². The number of morpholine rings is 1. The van der Waals surface area contributed by atoms with Crippen LogP contribution < -0.4 is 10.6 Å². The Labute approximate surface area is 274 Å². The van der Waals surface area contributed by atoms with E-state index in [9.17, 15) is 13.5 Å². The molecule has 1 aromatic carbocycles. The minimum absolute atomic E-state index is 0.211. The fourth-order valence-electron chi connectivity index (χ4n) is 5.81. The minimum Gasteiger partial charge on any atom is -0.393 e. The number of benzene rings is 1. The zero-order chi connectivity index (χ0) is 32.2. The van der Waals surface area contributed by atoms with Gasteiger partial charge in [0.15, 0.2) is 5.82 Å². The lowest BCUT2D eigenvalue weighted by atomic mass is 9.93. The lowest BCUT2D eigenvalue weighted by Crippen LogP contribution is -2.35. The molecular formula is C34H38N8O4S. The normalized spacial score (nSPS) is 20.3. The van der Waals surface area contributed by atoms with E-state index in [0.717, 1.165) is 79.4 Å². The zero-order valence-corrected chi connectivity index (χ0v) is 26.9. The molecule has 7 rings (SSSR count). The van der Waals surface area contributed by atoms with Crippen molar-refractivity contribution in [1.29, 1.82) is 0 Å². The summed E-state index contributed by atoms with van der Waals surface area (Å²) in [4.78, 5) is 16.0. The van der Waals surface area contributed by atoms with E-state index >= 15 is 0 Å². The molecule has 0 amide bonds. The maximum atomic E-state index is 12.6. The zero-order valence-electron chi connectivity index (χ0n) is 26.0. The molecule has 0 unspecified atom stereocenters. The second-order valence-corrected chi connectivity index (χ2v) is 14.4. The van der Waals surface area contributed by atoms with Crippen molar-refractivity contribution in [3.05, 3.63) is 77.9 Å². The number of aliphatic hydroxyl groups is 1. The Hall–Kier alpha value is -4.35. The van der Waals surface area contributed by atoms with Crippen molar-refractivity contribution in [2.45, 2.75) is 62.5 Å². The summed E-state index contributed by atoms with van der Waals surface area (Å²) >= 11 is 0. The highest BCUT2D eigenvalue weighted by molar-refractivity contribution is 7.90. The van der Waals surface area contributed by atoms with E-state index in [2.05, 4.69) is 71.7 Å². The SMILES string of the molecule is O=S(=O)(C1CC1)n1cc(-c2nccc(Nc3cc(NC4CCC(O)CC4)c(C#Cc4ccc(CN5CCOCC5)cc4)cn3)n2)cn1. The number of hydrogen-bond acceptors (Lipinski definition) is 11. The quantitative estimate of drug-likeness (QED) is 0.227. The highest BCUT2D eigenvalue weighted by atomic mass is 32.2. The summed E-state index contributed by atoms with van der Waals surface area (Å²) in [5.41, 5.74) is 4.30. The van der Waals surface area contributed by atoms with Gasteiger partial charge >= 0.3 is 0 Å². The molecular weight excluding hydrogens is 616 g/mol. The summed E-state index contributed by atoms with van der Waals surface area (Å²) in [6.07, 6.45) is 10.6. The van der Waals surface area contributed by atoms with E-state index in [1.54, 1.807) is 18.5 Å². The van der Waals surface area contributed by atoms with Crippen LogP contribution >= 0.6 is 0 Å². The van der Waals surface area contributed by atoms with Gasteiger partial charge in [0.05, 0.1) is 53.8 Å². The van der Waals surface area contributed by atoms with Gasteiger partial charge in [-0.05, 0) is 62.3 Å². The smallest absolute Gasteiger partial charge is 0.256 e. The van der Waals surface area contributed by atoms with Crippen molar-refractivity contribution < 1.29 is 18.3 Å². The Kier molecular flexibility index (Phi) is 9.17. The van der Waals surface area contributed by atoms with Crippen molar-refractivity contribution in [1.82, 2.24) is 29.0 Å². The number of rotatable bonds is 9. The molecule has 47 heavy (non-hydrogen) atoms. The topological polar surface area (TPSA) is 147 Å². The van der Waals surface area contributed by atoms with Crippen LogP contribution in [0.1, 0.15) is 55.2 Å². The first-order valence-electron chi connectivity index (χ1n) is 16.1. The van der Waals surface area contributed by atoms with Gasteiger partial charge in [0.1, 0.15) is 11.6 Å². The third-order valence-corrected chi connectivity index (χ3v) is 10.7. The third-order valence-electron chi connectivity index (χ3n) is 8.70. The van der Waals surface area contributed by atoms with Gasteiger partial charge in [-0.2, -0.15) is 9.19 Å². The van der Waals surface area contributed by atoms with Gasteiger partial charge < -0.3 is 20.5 Å². The minimum atomic E-state index is -3.48. The van der Waals surface area contributed by atoms with E-state index in [4.69, 9.17) is 4.74 Å². The molecule has 244 valence electrons. The first kappa shape index (κ1) is 31.3. The number of aliphatic hydroxyl groups excluding tert-OH is 1. The first-order valence-corrected chi connectivity index (χ1v) is 17.6. The summed E-state index contributed by atoms with van der Waals surface area (Å²) in [6, 6.07) is 12.2. The molecule has 1 aliphatic heterocycles. The van der Waals surface area contributed by atoms with Gasteiger partial charge in [-0.3, -0.25) is 4.90 Å². The molecule has 0 bridgehead atoms. The number of nitrogens with zero attached hydrogens (tertiary/aromatic N) is 6. The van der Waals surface area contributed by atoms with Gasteiger partial charge in [0, 0.05) is 49.7 Å². The summed E-state index contributed by atoms with van der Waals surface area (Å²) in [7, 11) is -3.48. The fourth-order valence-corrected chi connectivity index (χ4v) is 7.29. The monoisotopic (exact) mass is 654 g/mol. The molecule has 13 heteroatoms. The van der Waals surface area contributed by atoms with Gasteiger partial charge in [0.25, 0.3) is 10.0 Å². The Morgan fingerprint density at radius 3 is 2.49 bits per heavy atom. The van der Waals surface area contributed by atoms with Crippen LogP contribution in [0.4, 0.5) is 17.3 Å². The number of aromatic nitrogens is 5. The molecule has 2 saturated carbocycles. The van der Waals surface area contributed by atoms with Crippen LogP contribution in [0.15, 0.2) is 61.2 Å². The Bertz CT molecular complexity index is 1870. The molecule has 4 aromatic rings. The second-order valence-electron chi connectivity index (χ2n) is 12.3. The number of ether oxygens (including phenoxy) is 1. The molecule has 0 radical (unpaired) electrons. The third kappa shape index (κ3) is 7.80. The molecule has 3 N–H and O–H groups in total. The Morgan fingerprint density at radius 2 is 1.72 bits per heavy atom. The highest BCUT2D eigenvalue weighted by Crippen LogP contribution is 2.31. The van der Waals surface area contributed by atoms with Crippen LogP contribution in [0.5, 0.6) is 0 Å². The van der Waals surface area contributed by atoms with E-state index in [1.807, 2.05) is 6.07 Å². The molecule has 3 aromatic heterocycles. The molecule has 2 aliphatic carbocycles. The number of hydrogen-bond donors (Lipinski definition) is 3. The summed E-state index contributed by atoms with van der Waals surface area (Å²) in [5.74, 6) is 8.04. The molecule has 4 heterocycles. The average molecular weight is 655 g/mol. The first-order chi connectivity index (χ1) is 22.9. The van der Waals surface area contributed by atoms with Crippen LogP contribution in [-0.4, -0.2) is 86.3 Å². The molecule has 12 nitrogen and oxygen atoms in total. The summed E-state index contributed by atoms with van der Waals surface area (Å²) < 4.78 is 31.6. The van der Waals surface area contributed by atoms with E-state index in [0.29, 0.717) is 35.9 Å². The maximum absolute atomic E-state index is 12.6. The molecule has 0 atom stereocenters. The molecule has 3 fully saturated rings. The number of nitrogens with one attached hydrogen (secondary N) is 2. The van der Waals surface area contributed by atoms with E-state index < -0.39 is 10.0 Å². The Morgan fingerprint density at radius 1 is 0.936 bits per heavy atom. The van der Waals surface area contributed by atoms with Crippen molar-refractivity contribution in [2.75, 3.05) is 36.9 Å². The Balaban J connectivity index is 1.09. The van der Waals surface area contributed by atoms with E-state index in [-0.39, 0.29) is 17.4 Å². The van der Waals surface area contributed by atoms with Gasteiger partial charge in [-0.15, -0.1) is 0 Å². The van der Waals surface area contributed by atoms with Gasteiger partial charge in [0.2, 0.25) is 0 Å². The number of pyridine rings is 1. The van der Waals surface area contributed by atoms with Crippen molar-refractivity contribution >= 4 is 27.3 Å².